The third kappa shape index (κ3) is 2.71. The lowest BCUT2D eigenvalue weighted by atomic mass is 9.56. The molecule has 4 aliphatic carbocycles. The van der Waals surface area contributed by atoms with Crippen LogP contribution in [0.25, 0.3) is 0 Å². The van der Waals surface area contributed by atoms with Crippen molar-refractivity contribution in [1.82, 2.24) is 0 Å². The van der Waals surface area contributed by atoms with Crippen LogP contribution >= 0.6 is 0 Å². The van der Waals surface area contributed by atoms with Gasteiger partial charge in [-0.15, -0.1) is 0 Å². The Morgan fingerprint density at radius 1 is 0.739 bits per heavy atom. The number of hydrogen-bond acceptors (Lipinski definition) is 0. The van der Waals surface area contributed by atoms with Gasteiger partial charge in [0.15, 0.2) is 0 Å². The van der Waals surface area contributed by atoms with Gasteiger partial charge in [0.05, 0.1) is 0 Å². The van der Waals surface area contributed by atoms with Gasteiger partial charge >= 0.3 is 0 Å². The Hall–Kier alpha value is 0. The monoisotopic (exact) mass is 316 g/mol. The van der Waals surface area contributed by atoms with Crippen LogP contribution in [-0.2, 0) is 0 Å². The highest BCUT2D eigenvalue weighted by atomic mass is 14.6. The van der Waals surface area contributed by atoms with Crippen molar-refractivity contribution in [3.05, 3.63) is 0 Å². The fourth-order valence-electron chi connectivity index (χ4n) is 8.14. The van der Waals surface area contributed by atoms with Crippen LogP contribution < -0.4 is 0 Å². The maximum absolute atomic E-state index is 2.67. The molecule has 0 N–H and O–H groups in total. The van der Waals surface area contributed by atoms with Crippen LogP contribution in [0.15, 0.2) is 0 Å². The molecule has 0 bridgehead atoms. The Balaban J connectivity index is 1.56. The van der Waals surface area contributed by atoms with Crippen LogP contribution in [0.4, 0.5) is 0 Å². The quantitative estimate of drug-likeness (QED) is 0.510. The Morgan fingerprint density at radius 2 is 1.39 bits per heavy atom. The fraction of sp³-hybridized carbons (Fsp3) is 1.00. The molecule has 0 aromatic rings. The van der Waals surface area contributed by atoms with E-state index in [2.05, 4.69) is 20.8 Å². The second-order valence-corrected chi connectivity index (χ2v) is 10.3. The summed E-state index contributed by atoms with van der Waals surface area (Å²) in [5.41, 5.74) is 0.665. The van der Waals surface area contributed by atoms with E-state index in [9.17, 15) is 0 Å². The third-order valence-electron chi connectivity index (χ3n) is 9.51. The maximum atomic E-state index is 2.67. The zero-order chi connectivity index (χ0) is 16.0. The largest absolute Gasteiger partial charge is 0.0619 e. The molecule has 0 nitrogen and oxygen atoms in total. The summed E-state index contributed by atoms with van der Waals surface area (Å²) in [5.74, 6) is 7.49. The molecule has 0 heteroatoms. The van der Waals surface area contributed by atoms with Gasteiger partial charge in [-0.2, -0.15) is 0 Å². The van der Waals surface area contributed by atoms with Crippen LogP contribution in [0.2, 0.25) is 0 Å². The van der Waals surface area contributed by atoms with Crippen molar-refractivity contribution in [2.24, 2.45) is 46.8 Å². The fourth-order valence-corrected chi connectivity index (χ4v) is 8.14. The van der Waals surface area contributed by atoms with Gasteiger partial charge in [-0.1, -0.05) is 59.3 Å². The van der Waals surface area contributed by atoms with Crippen molar-refractivity contribution in [3.8, 4) is 0 Å². The molecule has 4 fully saturated rings. The first-order chi connectivity index (χ1) is 11.1. The van der Waals surface area contributed by atoms with Gasteiger partial charge in [-0.25, -0.2) is 0 Å². The molecule has 0 heterocycles. The van der Waals surface area contributed by atoms with Crippen molar-refractivity contribution < 1.29 is 0 Å². The predicted octanol–water partition coefficient (Wildman–Crippen LogP) is 7.08. The van der Waals surface area contributed by atoms with Crippen LogP contribution in [0.1, 0.15) is 97.8 Å². The third-order valence-corrected chi connectivity index (χ3v) is 9.51. The standard InChI is InChI=1S/C23H40/c1-16-18-10-5-6-11-20(18)21-13-9-12-19(22(16)21)17(2)23(3)14-7-4-8-15-23/h16-22H,4-15H2,1-3H3. The first kappa shape index (κ1) is 16.5. The minimum absolute atomic E-state index is 0.665. The van der Waals surface area contributed by atoms with E-state index in [1.54, 1.807) is 32.1 Å². The van der Waals surface area contributed by atoms with Crippen molar-refractivity contribution in [2.45, 2.75) is 97.8 Å². The second-order valence-electron chi connectivity index (χ2n) is 10.3. The van der Waals surface area contributed by atoms with E-state index in [-0.39, 0.29) is 0 Å². The van der Waals surface area contributed by atoms with Crippen LogP contribution in [0.5, 0.6) is 0 Å². The normalized spacial score (nSPS) is 47.6. The highest BCUT2D eigenvalue weighted by molar-refractivity contribution is 5.03. The molecule has 7 atom stereocenters. The molecule has 7 unspecified atom stereocenters. The summed E-state index contributed by atoms with van der Waals surface area (Å²) in [6, 6.07) is 0. The van der Waals surface area contributed by atoms with Crippen molar-refractivity contribution in [3.63, 3.8) is 0 Å². The first-order valence-corrected chi connectivity index (χ1v) is 11.1. The van der Waals surface area contributed by atoms with Gasteiger partial charge in [0.25, 0.3) is 0 Å². The summed E-state index contributed by atoms with van der Waals surface area (Å²) in [7, 11) is 0. The van der Waals surface area contributed by atoms with E-state index >= 15 is 0 Å². The molecule has 4 saturated carbocycles. The SMILES string of the molecule is CC1C2CCCCC2C2CCCC(C(C)C3(C)CCCCC3)C12. The number of hydrogen-bond donors (Lipinski definition) is 0. The molecule has 4 rings (SSSR count). The molecule has 0 spiro atoms. The summed E-state index contributed by atoms with van der Waals surface area (Å²) in [6.07, 6.45) is 18.4. The average Bonchev–Trinajstić information content (AvgIpc) is 2.88. The highest BCUT2D eigenvalue weighted by Gasteiger charge is 2.54. The highest BCUT2D eigenvalue weighted by Crippen LogP contribution is 2.62. The number of fused-ring (bicyclic) bond motifs is 3. The Bertz CT molecular complexity index is 404. The molecule has 0 saturated heterocycles. The van der Waals surface area contributed by atoms with Gasteiger partial charge in [0.1, 0.15) is 0 Å². The van der Waals surface area contributed by atoms with Gasteiger partial charge < -0.3 is 0 Å². The smallest absolute Gasteiger partial charge is 0.0297 e. The summed E-state index contributed by atoms with van der Waals surface area (Å²) in [4.78, 5) is 0. The van der Waals surface area contributed by atoms with E-state index < -0.39 is 0 Å². The molecule has 0 aromatic heterocycles. The van der Waals surface area contributed by atoms with Gasteiger partial charge in [0, 0.05) is 0 Å². The molecular weight excluding hydrogens is 276 g/mol. The summed E-state index contributed by atoms with van der Waals surface area (Å²) < 4.78 is 0. The van der Waals surface area contributed by atoms with E-state index in [0.29, 0.717) is 5.41 Å². The first-order valence-electron chi connectivity index (χ1n) is 11.1. The molecule has 23 heavy (non-hydrogen) atoms. The molecular formula is C23H40. The van der Waals surface area contributed by atoms with Crippen LogP contribution in [0.3, 0.4) is 0 Å². The lowest BCUT2D eigenvalue weighted by Crippen LogP contribution is -2.41. The molecule has 0 aromatic carbocycles. The number of rotatable bonds is 2. The minimum Gasteiger partial charge on any atom is -0.0619 e. The Kier molecular flexibility index (Phi) is 4.57. The van der Waals surface area contributed by atoms with Crippen molar-refractivity contribution in [2.75, 3.05) is 0 Å². The lowest BCUT2D eigenvalue weighted by molar-refractivity contribution is 0.00682. The van der Waals surface area contributed by atoms with Gasteiger partial charge in [-0.05, 0) is 85.4 Å². The van der Waals surface area contributed by atoms with E-state index in [0.717, 1.165) is 41.4 Å². The van der Waals surface area contributed by atoms with Crippen molar-refractivity contribution in [1.29, 1.82) is 0 Å². The summed E-state index contributed by atoms with van der Waals surface area (Å²) in [5, 5.41) is 0. The Labute approximate surface area is 145 Å². The van der Waals surface area contributed by atoms with Gasteiger partial charge in [0.2, 0.25) is 0 Å². The van der Waals surface area contributed by atoms with Crippen LogP contribution in [-0.4, -0.2) is 0 Å². The zero-order valence-corrected chi connectivity index (χ0v) is 16.0. The molecule has 0 amide bonds. The van der Waals surface area contributed by atoms with E-state index in [1.165, 1.54) is 44.9 Å². The van der Waals surface area contributed by atoms with Crippen LogP contribution in [0, 0.1) is 46.8 Å². The second kappa shape index (κ2) is 6.38. The summed E-state index contributed by atoms with van der Waals surface area (Å²) in [6.45, 7) is 8.00. The zero-order valence-electron chi connectivity index (χ0n) is 16.0. The van der Waals surface area contributed by atoms with E-state index in [4.69, 9.17) is 0 Å². The lowest BCUT2D eigenvalue weighted by Gasteiger charge is -2.49. The molecule has 4 aliphatic rings. The topological polar surface area (TPSA) is 0 Å². The maximum Gasteiger partial charge on any atom is -0.0297 e. The van der Waals surface area contributed by atoms with Crippen molar-refractivity contribution >= 4 is 0 Å². The summed E-state index contributed by atoms with van der Waals surface area (Å²) >= 11 is 0. The Morgan fingerprint density at radius 3 is 2.13 bits per heavy atom. The molecule has 0 radical (unpaired) electrons. The van der Waals surface area contributed by atoms with E-state index in [1.807, 2.05) is 0 Å². The van der Waals surface area contributed by atoms with Gasteiger partial charge in [-0.3, -0.25) is 0 Å². The molecule has 0 aliphatic heterocycles. The average molecular weight is 317 g/mol. The minimum atomic E-state index is 0.665. The predicted molar refractivity (Wildman–Crippen MR) is 99.3 cm³/mol. The molecule has 132 valence electrons.